The first-order valence-electron chi connectivity index (χ1n) is 13.1. The van der Waals surface area contributed by atoms with Gasteiger partial charge in [-0.2, -0.15) is 0 Å². The van der Waals surface area contributed by atoms with E-state index in [1.54, 1.807) is 0 Å². The van der Waals surface area contributed by atoms with Gasteiger partial charge in [-0.3, -0.25) is 0 Å². The zero-order valence-corrected chi connectivity index (χ0v) is 20.2. The molecule has 10 atom stereocenters. The lowest BCUT2D eigenvalue weighted by molar-refractivity contribution is -0.264. The number of aliphatic hydroxyl groups excluding tert-OH is 2. The Labute approximate surface area is 185 Å². The van der Waals surface area contributed by atoms with Crippen molar-refractivity contribution in [2.45, 2.75) is 123 Å². The Hall–Kier alpha value is -0.120. The monoisotopic (exact) mass is 420 g/mol. The molecule has 0 aromatic heterocycles. The lowest BCUT2D eigenvalue weighted by Gasteiger charge is -2.65. The number of fused-ring (bicyclic) bond motifs is 5. The molecule has 2 unspecified atom stereocenters. The van der Waals surface area contributed by atoms with Gasteiger partial charge in [0.05, 0.1) is 17.8 Å². The zero-order valence-electron chi connectivity index (χ0n) is 20.2. The van der Waals surface area contributed by atoms with Crippen LogP contribution in [0.2, 0.25) is 0 Å². The second-order valence-corrected chi connectivity index (χ2v) is 12.9. The fourth-order valence-corrected chi connectivity index (χ4v) is 9.29. The van der Waals surface area contributed by atoms with E-state index >= 15 is 0 Å². The van der Waals surface area contributed by atoms with E-state index in [0.717, 1.165) is 37.0 Å². The van der Waals surface area contributed by atoms with Crippen LogP contribution < -0.4 is 0 Å². The van der Waals surface area contributed by atoms with Crippen LogP contribution in [0, 0.1) is 46.3 Å². The van der Waals surface area contributed by atoms with Gasteiger partial charge < -0.3 is 15.3 Å². The molecule has 4 fully saturated rings. The van der Waals surface area contributed by atoms with Gasteiger partial charge in [-0.05, 0) is 85.9 Å². The van der Waals surface area contributed by atoms with Crippen LogP contribution in [-0.2, 0) is 0 Å². The molecule has 0 saturated heterocycles. The topological polar surface area (TPSA) is 60.7 Å². The van der Waals surface area contributed by atoms with Crippen molar-refractivity contribution in [2.75, 3.05) is 0 Å². The van der Waals surface area contributed by atoms with Gasteiger partial charge in [0.25, 0.3) is 0 Å². The third-order valence-electron chi connectivity index (χ3n) is 11.0. The van der Waals surface area contributed by atoms with Crippen LogP contribution in [0.4, 0.5) is 0 Å². The van der Waals surface area contributed by atoms with Crippen LogP contribution >= 0.6 is 0 Å². The van der Waals surface area contributed by atoms with Gasteiger partial charge in [0, 0.05) is 11.8 Å². The molecule has 0 aliphatic heterocycles. The van der Waals surface area contributed by atoms with Crippen LogP contribution in [-0.4, -0.2) is 33.1 Å². The van der Waals surface area contributed by atoms with Gasteiger partial charge in [0.2, 0.25) is 0 Å². The summed E-state index contributed by atoms with van der Waals surface area (Å²) in [4.78, 5) is 0. The molecule has 3 nitrogen and oxygen atoms in total. The molecule has 0 spiro atoms. The maximum absolute atomic E-state index is 11.6. The van der Waals surface area contributed by atoms with E-state index in [1.807, 2.05) is 0 Å². The molecule has 4 rings (SSSR count). The second kappa shape index (κ2) is 8.03. The SMILES string of the molecule is CC(C)CCC[C@@H](C)[C@H]1CC[C@H]2[C@@H]3CC(O)[C@@]4(O)CC(O)CC[C@]4(C)[C@H]3CC[C@]12C. The highest BCUT2D eigenvalue weighted by molar-refractivity contribution is 5.17. The number of aliphatic hydroxyl groups is 3. The minimum absolute atomic E-state index is 0.253. The van der Waals surface area contributed by atoms with Crippen LogP contribution in [0.25, 0.3) is 0 Å². The molecule has 0 heterocycles. The molecule has 0 radical (unpaired) electrons. The number of hydrogen-bond acceptors (Lipinski definition) is 3. The molecule has 4 aliphatic rings. The average Bonchev–Trinajstić information content (AvgIpc) is 3.01. The predicted octanol–water partition coefficient (Wildman–Crippen LogP) is 5.55. The van der Waals surface area contributed by atoms with Gasteiger partial charge in [-0.25, -0.2) is 0 Å². The van der Waals surface area contributed by atoms with Crippen molar-refractivity contribution in [3.63, 3.8) is 0 Å². The Morgan fingerprint density at radius 1 is 0.900 bits per heavy atom. The largest absolute Gasteiger partial charge is 0.393 e. The highest BCUT2D eigenvalue weighted by atomic mass is 16.3. The summed E-state index contributed by atoms with van der Waals surface area (Å²) in [5.74, 6) is 4.13. The fraction of sp³-hybridized carbons (Fsp3) is 1.00. The third-order valence-corrected chi connectivity index (χ3v) is 11.0. The number of rotatable bonds is 5. The van der Waals surface area contributed by atoms with Gasteiger partial charge in [0.15, 0.2) is 0 Å². The molecule has 3 N–H and O–H groups in total. The van der Waals surface area contributed by atoms with Gasteiger partial charge in [0.1, 0.15) is 0 Å². The van der Waals surface area contributed by atoms with Crippen molar-refractivity contribution in [3.05, 3.63) is 0 Å². The molecule has 4 aliphatic carbocycles. The molecule has 30 heavy (non-hydrogen) atoms. The summed E-state index contributed by atoms with van der Waals surface area (Å²) in [7, 11) is 0. The van der Waals surface area contributed by atoms with E-state index in [9.17, 15) is 15.3 Å². The van der Waals surface area contributed by atoms with Crippen molar-refractivity contribution in [1.29, 1.82) is 0 Å². The van der Waals surface area contributed by atoms with E-state index in [0.29, 0.717) is 29.6 Å². The Balaban J connectivity index is 1.53. The first-order chi connectivity index (χ1) is 14.0. The first kappa shape index (κ1) is 23.1. The van der Waals surface area contributed by atoms with E-state index in [-0.39, 0.29) is 5.41 Å². The van der Waals surface area contributed by atoms with Crippen LogP contribution in [0.1, 0.15) is 105 Å². The lowest BCUT2D eigenvalue weighted by atomic mass is 9.42. The quantitative estimate of drug-likeness (QED) is 0.546. The van der Waals surface area contributed by atoms with Crippen molar-refractivity contribution in [3.8, 4) is 0 Å². The first-order valence-corrected chi connectivity index (χ1v) is 13.1. The second-order valence-electron chi connectivity index (χ2n) is 12.9. The Morgan fingerprint density at radius 2 is 1.63 bits per heavy atom. The number of hydrogen-bond donors (Lipinski definition) is 3. The van der Waals surface area contributed by atoms with E-state index < -0.39 is 17.8 Å². The van der Waals surface area contributed by atoms with Gasteiger partial charge in [-0.1, -0.05) is 53.9 Å². The molecule has 174 valence electrons. The highest BCUT2D eigenvalue weighted by Gasteiger charge is 2.67. The lowest BCUT2D eigenvalue weighted by Crippen LogP contribution is -2.68. The van der Waals surface area contributed by atoms with Gasteiger partial charge >= 0.3 is 0 Å². The average molecular weight is 421 g/mol. The third kappa shape index (κ3) is 3.41. The van der Waals surface area contributed by atoms with E-state index in [2.05, 4.69) is 34.6 Å². The summed E-state index contributed by atoms with van der Waals surface area (Å²) >= 11 is 0. The molecule has 0 amide bonds. The molecule has 4 saturated carbocycles. The molecule has 0 bridgehead atoms. The summed E-state index contributed by atoms with van der Waals surface area (Å²) < 4.78 is 0. The van der Waals surface area contributed by atoms with Crippen molar-refractivity contribution >= 4 is 0 Å². The Kier molecular flexibility index (Phi) is 6.17. The van der Waals surface area contributed by atoms with E-state index in [4.69, 9.17) is 0 Å². The summed E-state index contributed by atoms with van der Waals surface area (Å²) in [5, 5.41) is 33.0. The molecule has 0 aromatic rings. The summed E-state index contributed by atoms with van der Waals surface area (Å²) in [6.07, 6.45) is 10.7. The smallest absolute Gasteiger partial charge is 0.0985 e. The minimum atomic E-state index is -1.11. The standard InChI is InChI=1S/C27H48O3/c1-17(2)7-6-8-18(3)21-9-10-22-20-15-24(29)27(30)16-19(28)11-14-26(27,5)23(20)12-13-25(21,22)4/h17-24,28-30H,6-16H2,1-5H3/t18-,19?,20+,21-,22+,23+,24?,25-,26-,27+/m1/s1. The summed E-state index contributed by atoms with van der Waals surface area (Å²) in [6.45, 7) is 12.0. The molecule has 3 heteroatoms. The maximum atomic E-state index is 11.6. The van der Waals surface area contributed by atoms with Crippen LogP contribution in [0.15, 0.2) is 0 Å². The Bertz CT molecular complexity index is 619. The van der Waals surface area contributed by atoms with Crippen molar-refractivity contribution in [1.82, 2.24) is 0 Å². The molecular weight excluding hydrogens is 372 g/mol. The summed E-state index contributed by atoms with van der Waals surface area (Å²) in [6, 6.07) is 0. The zero-order chi connectivity index (χ0) is 21.9. The van der Waals surface area contributed by atoms with E-state index in [1.165, 1.54) is 44.9 Å². The van der Waals surface area contributed by atoms with Crippen LogP contribution in [0.5, 0.6) is 0 Å². The molecule has 0 aromatic carbocycles. The predicted molar refractivity (Wildman–Crippen MR) is 122 cm³/mol. The summed E-state index contributed by atoms with van der Waals surface area (Å²) in [5.41, 5.74) is -0.962. The van der Waals surface area contributed by atoms with Gasteiger partial charge in [-0.15, -0.1) is 0 Å². The minimum Gasteiger partial charge on any atom is -0.393 e. The maximum Gasteiger partial charge on any atom is 0.0985 e. The molecular formula is C27H48O3. The van der Waals surface area contributed by atoms with Crippen molar-refractivity contribution < 1.29 is 15.3 Å². The van der Waals surface area contributed by atoms with Crippen molar-refractivity contribution in [2.24, 2.45) is 46.3 Å². The normalized spacial score (nSPS) is 51.9. The Morgan fingerprint density at radius 3 is 2.33 bits per heavy atom. The highest BCUT2D eigenvalue weighted by Crippen LogP contribution is 2.69. The fourth-order valence-electron chi connectivity index (χ4n) is 9.29. The van der Waals surface area contributed by atoms with Crippen LogP contribution in [0.3, 0.4) is 0 Å².